The summed E-state index contributed by atoms with van der Waals surface area (Å²) in [5.41, 5.74) is 1.87. The van der Waals surface area contributed by atoms with Gasteiger partial charge in [-0.2, -0.15) is 0 Å². The second kappa shape index (κ2) is 12.0. The number of hydrogen-bond donors (Lipinski definition) is 3. The van der Waals surface area contributed by atoms with Crippen LogP contribution in [0.2, 0.25) is 0 Å². The monoisotopic (exact) mass is 413 g/mol. The molecule has 0 unspecified atom stereocenters. The zero-order valence-electron chi connectivity index (χ0n) is 17.5. The second-order valence-corrected chi connectivity index (χ2v) is 7.13. The molecule has 0 bridgehead atoms. The summed E-state index contributed by atoms with van der Waals surface area (Å²) >= 11 is 0. The summed E-state index contributed by atoms with van der Waals surface area (Å²) < 4.78 is 10.7. The molecule has 8 heteroatoms. The van der Waals surface area contributed by atoms with Crippen LogP contribution >= 0.6 is 0 Å². The lowest BCUT2D eigenvalue weighted by Gasteiger charge is -2.26. The highest BCUT2D eigenvalue weighted by Gasteiger charge is 2.12. The zero-order valence-corrected chi connectivity index (χ0v) is 17.5. The Morgan fingerprint density at radius 2 is 2.03 bits per heavy atom. The summed E-state index contributed by atoms with van der Waals surface area (Å²) in [5, 5.41) is 9.55. The van der Waals surface area contributed by atoms with Gasteiger partial charge in [0.2, 0.25) is 5.91 Å². The van der Waals surface area contributed by atoms with Crippen LogP contribution in [0.15, 0.2) is 52.1 Å². The lowest BCUT2D eigenvalue weighted by Crippen LogP contribution is -2.38. The Balaban J connectivity index is 1.39. The number of anilines is 1. The van der Waals surface area contributed by atoms with Crippen molar-refractivity contribution >= 4 is 17.6 Å². The lowest BCUT2D eigenvalue weighted by atomic mass is 10.2. The van der Waals surface area contributed by atoms with Crippen molar-refractivity contribution in [2.45, 2.75) is 19.4 Å². The maximum Gasteiger partial charge on any atom is 0.225 e. The van der Waals surface area contributed by atoms with E-state index in [4.69, 9.17) is 9.15 Å². The molecule has 3 rings (SSSR count). The van der Waals surface area contributed by atoms with E-state index in [1.165, 1.54) is 0 Å². The number of furan rings is 1. The molecule has 8 nitrogen and oxygen atoms in total. The largest absolute Gasteiger partial charge is 0.469 e. The third-order valence-electron chi connectivity index (χ3n) is 4.90. The quantitative estimate of drug-likeness (QED) is 0.429. The van der Waals surface area contributed by atoms with Crippen LogP contribution in [-0.2, 0) is 22.5 Å². The van der Waals surface area contributed by atoms with Crippen molar-refractivity contribution in [2.75, 3.05) is 51.8 Å². The predicted molar refractivity (Wildman–Crippen MR) is 118 cm³/mol. The van der Waals surface area contributed by atoms with E-state index in [0.717, 1.165) is 68.8 Å². The fraction of sp³-hybridized carbons (Fsp3) is 0.455. The first-order valence-corrected chi connectivity index (χ1v) is 10.4. The van der Waals surface area contributed by atoms with Gasteiger partial charge in [-0.25, -0.2) is 0 Å². The first kappa shape index (κ1) is 21.9. The summed E-state index contributed by atoms with van der Waals surface area (Å²) in [6.45, 7) is 5.38. The molecule has 3 N–H and O–H groups in total. The van der Waals surface area contributed by atoms with Crippen molar-refractivity contribution in [3.8, 4) is 0 Å². The average molecular weight is 414 g/mol. The molecule has 1 aliphatic heterocycles. The number of guanidine groups is 1. The van der Waals surface area contributed by atoms with Gasteiger partial charge >= 0.3 is 0 Å². The van der Waals surface area contributed by atoms with Gasteiger partial charge in [0.05, 0.1) is 19.5 Å². The topological polar surface area (TPSA) is 91.1 Å². The highest BCUT2D eigenvalue weighted by molar-refractivity contribution is 5.90. The number of amides is 1. The summed E-state index contributed by atoms with van der Waals surface area (Å²) in [5.74, 6) is 1.69. The number of rotatable bonds is 9. The summed E-state index contributed by atoms with van der Waals surface area (Å²) in [6, 6.07) is 11.7. The fourth-order valence-electron chi connectivity index (χ4n) is 3.23. The number of hydrogen-bond acceptors (Lipinski definition) is 5. The van der Waals surface area contributed by atoms with E-state index in [9.17, 15) is 4.79 Å². The lowest BCUT2D eigenvalue weighted by molar-refractivity contribution is -0.116. The molecule has 1 aromatic carbocycles. The van der Waals surface area contributed by atoms with Gasteiger partial charge in [0.1, 0.15) is 5.76 Å². The van der Waals surface area contributed by atoms with Gasteiger partial charge < -0.3 is 25.1 Å². The Morgan fingerprint density at radius 3 is 2.80 bits per heavy atom. The number of morpholine rings is 1. The molecule has 1 fully saturated rings. The van der Waals surface area contributed by atoms with Crippen molar-refractivity contribution in [1.29, 1.82) is 0 Å². The smallest absolute Gasteiger partial charge is 0.225 e. The molecule has 0 atom stereocenters. The van der Waals surface area contributed by atoms with Crippen LogP contribution < -0.4 is 16.0 Å². The van der Waals surface area contributed by atoms with Crippen LogP contribution in [0.1, 0.15) is 17.7 Å². The Bertz CT molecular complexity index is 801. The van der Waals surface area contributed by atoms with E-state index in [0.29, 0.717) is 13.0 Å². The number of carbonyl (C=O) groups is 1. The van der Waals surface area contributed by atoms with Gasteiger partial charge in [0, 0.05) is 58.3 Å². The molecular formula is C22H31N5O3. The van der Waals surface area contributed by atoms with Crippen molar-refractivity contribution in [3.63, 3.8) is 0 Å². The van der Waals surface area contributed by atoms with Gasteiger partial charge in [0.25, 0.3) is 0 Å². The normalized spacial score (nSPS) is 15.0. The Hall–Kier alpha value is -2.84. The number of nitrogens with zero attached hydrogens (tertiary/aromatic N) is 2. The molecule has 0 radical (unpaired) electrons. The van der Waals surface area contributed by atoms with Crippen LogP contribution in [0.5, 0.6) is 0 Å². The highest BCUT2D eigenvalue weighted by atomic mass is 16.5. The summed E-state index contributed by atoms with van der Waals surface area (Å²) in [7, 11) is 1.74. The van der Waals surface area contributed by atoms with E-state index in [2.05, 4.69) is 25.8 Å². The first-order valence-electron chi connectivity index (χ1n) is 10.4. The summed E-state index contributed by atoms with van der Waals surface area (Å²) in [4.78, 5) is 18.8. The number of nitrogens with one attached hydrogen (secondary N) is 3. The molecule has 0 saturated carbocycles. The fourth-order valence-corrected chi connectivity index (χ4v) is 3.23. The van der Waals surface area contributed by atoms with Crippen LogP contribution in [-0.4, -0.2) is 63.2 Å². The number of aliphatic imine (C=N–C) groups is 1. The third kappa shape index (κ3) is 7.53. The van der Waals surface area contributed by atoms with Crippen molar-refractivity contribution in [1.82, 2.24) is 15.5 Å². The van der Waals surface area contributed by atoms with Crippen LogP contribution in [0.4, 0.5) is 5.69 Å². The highest BCUT2D eigenvalue weighted by Crippen LogP contribution is 2.11. The van der Waals surface area contributed by atoms with E-state index in [-0.39, 0.29) is 5.91 Å². The molecule has 30 heavy (non-hydrogen) atoms. The molecule has 162 valence electrons. The first-order chi connectivity index (χ1) is 14.7. The van der Waals surface area contributed by atoms with Crippen molar-refractivity contribution < 1.29 is 13.9 Å². The standard InChI is InChI=1S/C22H31N5O3/c1-23-22(24-9-7-20-6-3-13-30-20)25-17-18-4-2-5-19(16-18)26-21(28)8-10-27-11-14-29-15-12-27/h2-6,13,16H,7-12,14-15,17H2,1H3,(H,26,28)(H2,23,24,25). The molecule has 1 aromatic heterocycles. The third-order valence-corrected chi connectivity index (χ3v) is 4.90. The Morgan fingerprint density at radius 1 is 1.17 bits per heavy atom. The Kier molecular flexibility index (Phi) is 8.74. The Labute approximate surface area is 177 Å². The van der Waals surface area contributed by atoms with Gasteiger partial charge in [-0.1, -0.05) is 12.1 Å². The second-order valence-electron chi connectivity index (χ2n) is 7.13. The molecule has 0 aliphatic carbocycles. The summed E-state index contributed by atoms with van der Waals surface area (Å²) in [6.07, 6.45) is 2.95. The van der Waals surface area contributed by atoms with E-state index < -0.39 is 0 Å². The predicted octanol–water partition coefficient (Wildman–Crippen LogP) is 1.85. The molecular weight excluding hydrogens is 382 g/mol. The molecule has 2 aromatic rings. The van der Waals surface area contributed by atoms with Gasteiger partial charge in [-0.3, -0.25) is 14.7 Å². The van der Waals surface area contributed by atoms with Crippen LogP contribution in [0.25, 0.3) is 0 Å². The average Bonchev–Trinajstić information content (AvgIpc) is 3.29. The minimum atomic E-state index is 0.0296. The van der Waals surface area contributed by atoms with Gasteiger partial charge in [-0.05, 0) is 29.8 Å². The zero-order chi connectivity index (χ0) is 21.0. The minimum Gasteiger partial charge on any atom is -0.469 e. The van der Waals surface area contributed by atoms with E-state index >= 15 is 0 Å². The van der Waals surface area contributed by atoms with Gasteiger partial charge in [-0.15, -0.1) is 0 Å². The molecule has 2 heterocycles. The molecule has 1 amide bonds. The van der Waals surface area contributed by atoms with E-state index in [1.807, 2.05) is 36.4 Å². The molecule has 1 saturated heterocycles. The van der Waals surface area contributed by atoms with Crippen molar-refractivity contribution in [2.24, 2.45) is 4.99 Å². The molecule has 1 aliphatic rings. The number of benzene rings is 1. The van der Waals surface area contributed by atoms with Crippen LogP contribution in [0.3, 0.4) is 0 Å². The molecule has 0 spiro atoms. The van der Waals surface area contributed by atoms with E-state index in [1.54, 1.807) is 13.3 Å². The number of carbonyl (C=O) groups excluding carboxylic acids is 1. The number of ether oxygens (including phenoxy) is 1. The minimum absolute atomic E-state index is 0.0296. The van der Waals surface area contributed by atoms with Gasteiger partial charge in [0.15, 0.2) is 5.96 Å². The SMILES string of the molecule is CN=C(NCCc1ccco1)NCc1cccc(NC(=O)CCN2CCOCC2)c1. The van der Waals surface area contributed by atoms with Crippen molar-refractivity contribution in [3.05, 3.63) is 54.0 Å². The maximum absolute atomic E-state index is 12.3. The van der Waals surface area contributed by atoms with Crippen LogP contribution in [0, 0.1) is 0 Å². The maximum atomic E-state index is 12.3.